The molecule has 1 N–H and O–H groups in total. The summed E-state index contributed by atoms with van der Waals surface area (Å²) in [4.78, 5) is 14.0. The van der Waals surface area contributed by atoms with E-state index in [0.717, 1.165) is 40.0 Å². The molecular weight excluding hydrogens is 336 g/mol. The fraction of sp³-hybridized carbons (Fsp3) is 0.176. The summed E-state index contributed by atoms with van der Waals surface area (Å²) in [5, 5.41) is 8.69. The number of methoxy groups -OCH3 is 1. The zero-order chi connectivity index (χ0) is 17.1. The highest BCUT2D eigenvalue weighted by Gasteiger charge is 2.10. The zero-order valence-electron chi connectivity index (χ0n) is 13.6. The van der Waals surface area contributed by atoms with E-state index in [9.17, 15) is 0 Å². The van der Waals surface area contributed by atoms with Crippen molar-refractivity contribution in [1.29, 1.82) is 0 Å². The number of nitrogens with zero attached hydrogens (tertiary/aromatic N) is 5. The van der Waals surface area contributed by atoms with Gasteiger partial charge < -0.3 is 10.1 Å². The van der Waals surface area contributed by atoms with Gasteiger partial charge in [-0.3, -0.25) is 4.98 Å². The first kappa shape index (κ1) is 15.5. The SMILES string of the molecule is COc1ccc(-c2cn3nc(NCCc4ccccn4)sc3n2)cn1. The van der Waals surface area contributed by atoms with E-state index < -0.39 is 0 Å². The second kappa shape index (κ2) is 6.86. The van der Waals surface area contributed by atoms with Crippen molar-refractivity contribution in [3.8, 4) is 17.1 Å². The molecule has 126 valence electrons. The molecule has 0 amide bonds. The highest BCUT2D eigenvalue weighted by Crippen LogP contribution is 2.24. The molecule has 0 atom stereocenters. The molecule has 0 aliphatic rings. The normalized spacial score (nSPS) is 10.9. The largest absolute Gasteiger partial charge is 0.481 e. The van der Waals surface area contributed by atoms with Crippen molar-refractivity contribution in [2.75, 3.05) is 19.0 Å². The van der Waals surface area contributed by atoms with Gasteiger partial charge >= 0.3 is 0 Å². The fourth-order valence-corrected chi connectivity index (χ4v) is 3.21. The van der Waals surface area contributed by atoms with Crippen molar-refractivity contribution in [3.63, 3.8) is 0 Å². The summed E-state index contributed by atoms with van der Waals surface area (Å²) >= 11 is 1.52. The third kappa shape index (κ3) is 3.43. The van der Waals surface area contributed by atoms with Gasteiger partial charge in [-0.25, -0.2) is 14.5 Å². The highest BCUT2D eigenvalue weighted by atomic mass is 32.1. The number of aromatic nitrogens is 5. The first-order valence-electron chi connectivity index (χ1n) is 7.82. The van der Waals surface area contributed by atoms with E-state index in [2.05, 4.69) is 25.4 Å². The van der Waals surface area contributed by atoms with Gasteiger partial charge in [0, 0.05) is 42.7 Å². The lowest BCUT2D eigenvalue weighted by Crippen LogP contribution is -2.05. The molecule has 0 spiro atoms. The Balaban J connectivity index is 1.43. The number of hydrogen-bond donors (Lipinski definition) is 1. The first-order valence-corrected chi connectivity index (χ1v) is 8.64. The van der Waals surface area contributed by atoms with Crippen LogP contribution in [0.4, 0.5) is 5.13 Å². The number of anilines is 1. The maximum absolute atomic E-state index is 5.07. The number of imidazole rings is 1. The van der Waals surface area contributed by atoms with E-state index in [1.54, 1.807) is 17.8 Å². The summed E-state index contributed by atoms with van der Waals surface area (Å²) in [5.41, 5.74) is 2.84. The van der Waals surface area contributed by atoms with Crippen LogP contribution in [0.5, 0.6) is 5.88 Å². The summed E-state index contributed by atoms with van der Waals surface area (Å²) < 4.78 is 6.86. The molecule has 7 nitrogen and oxygen atoms in total. The van der Waals surface area contributed by atoms with Crippen LogP contribution < -0.4 is 10.1 Å². The smallest absolute Gasteiger partial charge is 0.214 e. The molecule has 0 aliphatic heterocycles. The van der Waals surface area contributed by atoms with Gasteiger partial charge in [-0.05, 0) is 18.2 Å². The maximum Gasteiger partial charge on any atom is 0.214 e. The van der Waals surface area contributed by atoms with Gasteiger partial charge in [-0.2, -0.15) is 0 Å². The van der Waals surface area contributed by atoms with E-state index in [-0.39, 0.29) is 0 Å². The molecule has 4 heterocycles. The Labute approximate surface area is 148 Å². The topological polar surface area (TPSA) is 77.2 Å². The molecule has 0 radical (unpaired) electrons. The van der Waals surface area contributed by atoms with Crippen LogP contribution in [0.3, 0.4) is 0 Å². The maximum atomic E-state index is 5.07. The van der Waals surface area contributed by atoms with E-state index in [1.807, 2.05) is 42.7 Å². The van der Waals surface area contributed by atoms with Crippen LogP contribution in [0.25, 0.3) is 16.2 Å². The van der Waals surface area contributed by atoms with Gasteiger partial charge in [-0.1, -0.05) is 17.4 Å². The van der Waals surface area contributed by atoms with Crippen LogP contribution in [0, 0.1) is 0 Å². The van der Waals surface area contributed by atoms with E-state index >= 15 is 0 Å². The number of hydrogen-bond acceptors (Lipinski definition) is 7. The second-order valence-electron chi connectivity index (χ2n) is 5.35. The molecule has 0 aliphatic carbocycles. The molecule has 0 bridgehead atoms. The summed E-state index contributed by atoms with van der Waals surface area (Å²) in [6.45, 7) is 0.781. The number of pyridine rings is 2. The van der Waals surface area contributed by atoms with E-state index in [0.29, 0.717) is 5.88 Å². The van der Waals surface area contributed by atoms with Crippen LogP contribution in [-0.2, 0) is 6.42 Å². The van der Waals surface area contributed by atoms with Crippen molar-refractivity contribution in [1.82, 2.24) is 24.6 Å². The van der Waals surface area contributed by atoms with E-state index in [1.165, 1.54) is 11.3 Å². The number of rotatable bonds is 6. The Morgan fingerprint density at radius 3 is 2.88 bits per heavy atom. The van der Waals surface area contributed by atoms with E-state index in [4.69, 9.17) is 4.74 Å². The zero-order valence-corrected chi connectivity index (χ0v) is 14.4. The monoisotopic (exact) mass is 352 g/mol. The fourth-order valence-electron chi connectivity index (χ4n) is 2.41. The van der Waals surface area contributed by atoms with Crippen molar-refractivity contribution < 1.29 is 4.74 Å². The Morgan fingerprint density at radius 2 is 2.16 bits per heavy atom. The molecule has 4 aromatic rings. The van der Waals surface area contributed by atoms with Crippen LogP contribution in [0.15, 0.2) is 48.9 Å². The lowest BCUT2D eigenvalue weighted by molar-refractivity contribution is 0.398. The molecule has 0 saturated heterocycles. The predicted molar refractivity (Wildman–Crippen MR) is 97.1 cm³/mol. The molecule has 4 rings (SSSR count). The van der Waals surface area contributed by atoms with Gasteiger partial charge in [0.2, 0.25) is 16.0 Å². The van der Waals surface area contributed by atoms with Crippen molar-refractivity contribution >= 4 is 21.4 Å². The van der Waals surface area contributed by atoms with Crippen LogP contribution in [0.2, 0.25) is 0 Å². The molecule has 4 aromatic heterocycles. The molecule has 0 saturated carbocycles. The third-order valence-corrected chi connectivity index (χ3v) is 4.55. The Bertz CT molecular complexity index is 932. The van der Waals surface area contributed by atoms with Crippen LogP contribution in [-0.4, -0.2) is 38.2 Å². The van der Waals surface area contributed by atoms with Crippen LogP contribution in [0.1, 0.15) is 5.69 Å². The van der Waals surface area contributed by atoms with Gasteiger partial charge in [0.1, 0.15) is 0 Å². The second-order valence-corrected chi connectivity index (χ2v) is 6.30. The van der Waals surface area contributed by atoms with Crippen molar-refractivity contribution in [2.24, 2.45) is 0 Å². The number of fused-ring (bicyclic) bond motifs is 1. The minimum Gasteiger partial charge on any atom is -0.481 e. The molecule has 0 aromatic carbocycles. The number of nitrogens with one attached hydrogen (secondary N) is 1. The molecule has 0 fully saturated rings. The molecular formula is C17H16N6OS. The van der Waals surface area contributed by atoms with Gasteiger partial charge in [0.05, 0.1) is 19.0 Å². The first-order chi connectivity index (χ1) is 12.3. The summed E-state index contributed by atoms with van der Waals surface area (Å²) in [7, 11) is 1.60. The minimum atomic E-state index is 0.585. The summed E-state index contributed by atoms with van der Waals surface area (Å²) in [5.74, 6) is 0.585. The van der Waals surface area contributed by atoms with Crippen molar-refractivity contribution in [2.45, 2.75) is 6.42 Å². The average molecular weight is 352 g/mol. The Morgan fingerprint density at radius 1 is 1.20 bits per heavy atom. The standard InChI is InChI=1S/C17H16N6OS/c1-24-15-6-5-12(10-20-15)14-11-23-17(21-14)25-16(22-23)19-9-7-13-4-2-3-8-18-13/h2-6,8,10-11H,7,9H2,1H3,(H,19,22). The Kier molecular flexibility index (Phi) is 4.26. The van der Waals surface area contributed by atoms with Gasteiger partial charge in [0.25, 0.3) is 0 Å². The quantitative estimate of drug-likeness (QED) is 0.575. The average Bonchev–Trinajstić information content (AvgIpc) is 3.21. The van der Waals surface area contributed by atoms with Gasteiger partial charge in [-0.15, -0.1) is 5.10 Å². The predicted octanol–water partition coefficient (Wildman–Crippen LogP) is 2.91. The number of ether oxygens (including phenoxy) is 1. The van der Waals surface area contributed by atoms with Crippen molar-refractivity contribution in [3.05, 3.63) is 54.6 Å². The minimum absolute atomic E-state index is 0.585. The Hall–Kier alpha value is -3.00. The van der Waals surface area contributed by atoms with Crippen LogP contribution >= 0.6 is 11.3 Å². The van der Waals surface area contributed by atoms with Gasteiger partial charge in [0.15, 0.2) is 0 Å². The lowest BCUT2D eigenvalue weighted by atomic mass is 10.2. The summed E-state index contributed by atoms with van der Waals surface area (Å²) in [6.07, 6.45) is 6.31. The lowest BCUT2D eigenvalue weighted by Gasteiger charge is -2.01. The highest BCUT2D eigenvalue weighted by molar-refractivity contribution is 7.20. The molecule has 25 heavy (non-hydrogen) atoms. The molecule has 8 heteroatoms. The molecule has 0 unspecified atom stereocenters. The third-order valence-electron chi connectivity index (χ3n) is 3.67. The summed E-state index contributed by atoms with van der Waals surface area (Å²) in [6, 6.07) is 9.69.